The lowest BCUT2D eigenvalue weighted by Gasteiger charge is -2.11. The molecule has 1 aromatic heterocycles. The van der Waals surface area contributed by atoms with Crippen LogP contribution in [0.1, 0.15) is 16.1 Å². The minimum absolute atomic E-state index is 0.135. The van der Waals surface area contributed by atoms with Crippen molar-refractivity contribution in [3.8, 4) is 0 Å². The van der Waals surface area contributed by atoms with Crippen LogP contribution in [0.25, 0.3) is 21.7 Å². The number of carbonyl (C=O) groups is 1. The molecule has 0 aliphatic carbocycles. The Bertz CT molecular complexity index is 1120. The fourth-order valence-corrected chi connectivity index (χ4v) is 3.45. The van der Waals surface area contributed by atoms with E-state index in [1.807, 2.05) is 73.7 Å². The Morgan fingerprint density at radius 3 is 2.60 bits per heavy atom. The molecule has 4 rings (SSSR count). The zero-order chi connectivity index (χ0) is 17.4. The van der Waals surface area contributed by atoms with Crippen LogP contribution in [0.3, 0.4) is 0 Å². The maximum absolute atomic E-state index is 12.9. The number of aromatic nitrogens is 1. The number of rotatable bonds is 2. The van der Waals surface area contributed by atoms with Gasteiger partial charge in [0, 0.05) is 21.1 Å². The van der Waals surface area contributed by atoms with E-state index >= 15 is 0 Å². The highest BCUT2D eigenvalue weighted by Crippen LogP contribution is 2.30. The number of aryl methyl sites for hydroxylation is 1. The minimum Gasteiger partial charge on any atom is -0.320 e. The third-order valence-electron chi connectivity index (χ3n) is 4.23. The number of fused-ring (bicyclic) bond motifs is 2. The molecular formula is C21H15BrN2O. The van der Waals surface area contributed by atoms with Gasteiger partial charge in [-0.1, -0.05) is 52.3 Å². The molecule has 0 atom stereocenters. The molecule has 4 aromatic rings. The average Bonchev–Trinajstić information content (AvgIpc) is 2.63. The smallest absolute Gasteiger partial charge is 0.256 e. The van der Waals surface area contributed by atoms with Crippen LogP contribution in [0.4, 0.5) is 5.69 Å². The van der Waals surface area contributed by atoms with E-state index in [4.69, 9.17) is 0 Å². The van der Waals surface area contributed by atoms with Crippen LogP contribution in [0.15, 0.2) is 71.2 Å². The van der Waals surface area contributed by atoms with Crippen LogP contribution in [0, 0.1) is 6.92 Å². The topological polar surface area (TPSA) is 42.0 Å². The van der Waals surface area contributed by atoms with Gasteiger partial charge in [-0.3, -0.25) is 9.78 Å². The Hall–Kier alpha value is -2.72. The largest absolute Gasteiger partial charge is 0.320 e. The van der Waals surface area contributed by atoms with Crippen molar-refractivity contribution in [1.29, 1.82) is 0 Å². The van der Waals surface area contributed by atoms with E-state index in [9.17, 15) is 4.79 Å². The third kappa shape index (κ3) is 2.89. The molecule has 0 bridgehead atoms. The maximum atomic E-state index is 12.9. The van der Waals surface area contributed by atoms with Gasteiger partial charge < -0.3 is 5.32 Å². The molecule has 3 aromatic carbocycles. The summed E-state index contributed by atoms with van der Waals surface area (Å²) in [5.41, 5.74) is 3.05. The highest BCUT2D eigenvalue weighted by molar-refractivity contribution is 9.10. The summed E-state index contributed by atoms with van der Waals surface area (Å²) in [6.45, 7) is 1.94. The fraction of sp³-hybridized carbons (Fsp3) is 0.0476. The summed E-state index contributed by atoms with van der Waals surface area (Å²) < 4.78 is 0.957. The van der Waals surface area contributed by atoms with E-state index in [0.717, 1.165) is 31.8 Å². The minimum atomic E-state index is -0.135. The van der Waals surface area contributed by atoms with E-state index < -0.39 is 0 Å². The SMILES string of the molecule is Cc1ccc2c(Br)ccc(NC(=O)c3cccc4ccccc34)c2n1. The number of pyridine rings is 1. The Morgan fingerprint density at radius 2 is 1.72 bits per heavy atom. The van der Waals surface area contributed by atoms with Crippen molar-refractivity contribution in [2.24, 2.45) is 0 Å². The second-order valence-electron chi connectivity index (χ2n) is 5.92. The van der Waals surface area contributed by atoms with Crippen LogP contribution >= 0.6 is 15.9 Å². The average molecular weight is 391 g/mol. The quantitative estimate of drug-likeness (QED) is 0.476. The molecule has 0 saturated carbocycles. The molecule has 3 nitrogen and oxygen atoms in total. The van der Waals surface area contributed by atoms with Crippen molar-refractivity contribution in [2.45, 2.75) is 6.92 Å². The predicted molar refractivity (Wildman–Crippen MR) is 106 cm³/mol. The van der Waals surface area contributed by atoms with Crippen LogP contribution in [-0.2, 0) is 0 Å². The van der Waals surface area contributed by atoms with Crippen molar-refractivity contribution in [3.05, 3.63) is 82.5 Å². The monoisotopic (exact) mass is 390 g/mol. The molecule has 0 saturated heterocycles. The molecule has 0 fully saturated rings. The number of nitrogens with zero attached hydrogens (tertiary/aromatic N) is 1. The number of hydrogen-bond acceptors (Lipinski definition) is 2. The Kier molecular flexibility index (Phi) is 3.98. The van der Waals surface area contributed by atoms with Gasteiger partial charge in [0.2, 0.25) is 0 Å². The number of benzene rings is 3. The van der Waals surface area contributed by atoms with Crippen LogP contribution in [0.2, 0.25) is 0 Å². The lowest BCUT2D eigenvalue weighted by Crippen LogP contribution is -2.13. The summed E-state index contributed by atoms with van der Waals surface area (Å²) >= 11 is 3.55. The van der Waals surface area contributed by atoms with E-state index in [-0.39, 0.29) is 5.91 Å². The fourth-order valence-electron chi connectivity index (χ4n) is 2.99. The second kappa shape index (κ2) is 6.30. The first-order valence-corrected chi connectivity index (χ1v) is 8.78. The Morgan fingerprint density at radius 1 is 0.920 bits per heavy atom. The highest BCUT2D eigenvalue weighted by atomic mass is 79.9. The van der Waals surface area contributed by atoms with Crippen molar-refractivity contribution in [3.63, 3.8) is 0 Å². The van der Waals surface area contributed by atoms with E-state index in [2.05, 4.69) is 26.2 Å². The zero-order valence-electron chi connectivity index (χ0n) is 13.6. The first-order valence-electron chi connectivity index (χ1n) is 7.98. The van der Waals surface area contributed by atoms with Crippen molar-refractivity contribution in [1.82, 2.24) is 4.98 Å². The molecule has 1 amide bonds. The normalized spacial score (nSPS) is 11.0. The highest BCUT2D eigenvalue weighted by Gasteiger charge is 2.13. The summed E-state index contributed by atoms with van der Waals surface area (Å²) in [7, 11) is 0. The lowest BCUT2D eigenvalue weighted by atomic mass is 10.0. The number of carbonyl (C=O) groups excluding carboxylic acids is 1. The number of halogens is 1. The van der Waals surface area contributed by atoms with Crippen molar-refractivity contribution >= 4 is 49.2 Å². The van der Waals surface area contributed by atoms with Gasteiger partial charge in [-0.25, -0.2) is 0 Å². The van der Waals surface area contributed by atoms with Crippen LogP contribution in [-0.4, -0.2) is 10.9 Å². The summed E-state index contributed by atoms with van der Waals surface area (Å²) in [5.74, 6) is -0.135. The summed E-state index contributed by atoms with van der Waals surface area (Å²) in [6, 6.07) is 21.4. The Labute approximate surface area is 153 Å². The molecule has 25 heavy (non-hydrogen) atoms. The van der Waals surface area contributed by atoms with Gasteiger partial charge >= 0.3 is 0 Å². The Balaban J connectivity index is 1.80. The predicted octanol–water partition coefficient (Wildman–Crippen LogP) is 5.71. The summed E-state index contributed by atoms with van der Waals surface area (Å²) in [6.07, 6.45) is 0. The van der Waals surface area contributed by atoms with Gasteiger partial charge in [-0.05, 0) is 48.0 Å². The first kappa shape index (κ1) is 15.8. The van der Waals surface area contributed by atoms with E-state index in [1.165, 1.54) is 0 Å². The molecule has 0 radical (unpaired) electrons. The van der Waals surface area contributed by atoms with Gasteiger partial charge in [0.1, 0.15) is 0 Å². The molecule has 1 heterocycles. The maximum Gasteiger partial charge on any atom is 0.256 e. The van der Waals surface area contributed by atoms with E-state index in [0.29, 0.717) is 11.3 Å². The van der Waals surface area contributed by atoms with Crippen molar-refractivity contribution in [2.75, 3.05) is 5.32 Å². The molecule has 1 N–H and O–H groups in total. The van der Waals surface area contributed by atoms with Gasteiger partial charge in [0.15, 0.2) is 0 Å². The molecule has 122 valence electrons. The summed E-state index contributed by atoms with van der Waals surface area (Å²) in [4.78, 5) is 17.5. The van der Waals surface area contributed by atoms with Crippen LogP contribution < -0.4 is 5.32 Å². The molecule has 0 spiro atoms. The molecule has 0 aliphatic rings. The summed E-state index contributed by atoms with van der Waals surface area (Å²) in [5, 5.41) is 5.98. The molecular weight excluding hydrogens is 376 g/mol. The van der Waals surface area contributed by atoms with Gasteiger partial charge in [0.25, 0.3) is 5.91 Å². The number of amides is 1. The first-order chi connectivity index (χ1) is 12.1. The van der Waals surface area contributed by atoms with E-state index in [1.54, 1.807) is 0 Å². The molecule has 4 heteroatoms. The lowest BCUT2D eigenvalue weighted by molar-refractivity contribution is 0.102. The molecule has 0 aliphatic heterocycles. The van der Waals surface area contributed by atoms with Gasteiger partial charge in [0.05, 0.1) is 11.2 Å². The number of nitrogens with one attached hydrogen (secondary N) is 1. The number of anilines is 1. The second-order valence-corrected chi connectivity index (χ2v) is 6.78. The van der Waals surface area contributed by atoms with Crippen molar-refractivity contribution < 1.29 is 4.79 Å². The number of hydrogen-bond donors (Lipinski definition) is 1. The third-order valence-corrected chi connectivity index (χ3v) is 4.92. The molecule has 0 unspecified atom stereocenters. The van der Waals surface area contributed by atoms with Gasteiger partial charge in [-0.15, -0.1) is 0 Å². The zero-order valence-corrected chi connectivity index (χ0v) is 15.2. The van der Waals surface area contributed by atoms with Gasteiger partial charge in [-0.2, -0.15) is 0 Å². The van der Waals surface area contributed by atoms with Crippen LogP contribution in [0.5, 0.6) is 0 Å². The standard InChI is InChI=1S/C21H15BrN2O/c1-13-9-10-17-18(22)11-12-19(20(17)23-13)24-21(25)16-8-4-6-14-5-2-3-7-15(14)16/h2-12H,1H3,(H,24,25).